The number of hydrogen-bond acceptors (Lipinski definition) is 6. The molecule has 0 radical (unpaired) electrons. The highest BCUT2D eigenvalue weighted by molar-refractivity contribution is 7.99. The second kappa shape index (κ2) is 32.8. The van der Waals surface area contributed by atoms with Crippen molar-refractivity contribution in [2.45, 2.75) is 188 Å². The van der Waals surface area contributed by atoms with Crippen LogP contribution in [0.25, 0.3) is 0 Å². The van der Waals surface area contributed by atoms with Crippen LogP contribution in [0.4, 0.5) is 0 Å². The average molecular weight is 721 g/mol. The van der Waals surface area contributed by atoms with Gasteiger partial charge in [0.1, 0.15) is 6.04 Å². The van der Waals surface area contributed by atoms with Crippen molar-refractivity contribution in [1.82, 2.24) is 20.2 Å². The second-order valence-corrected chi connectivity index (χ2v) is 15.9. The van der Waals surface area contributed by atoms with Crippen LogP contribution in [0.2, 0.25) is 0 Å². The lowest BCUT2D eigenvalue weighted by molar-refractivity contribution is -0.143. The first-order valence-corrected chi connectivity index (χ1v) is 21.8. The maximum atomic E-state index is 13.8. The first-order chi connectivity index (χ1) is 24.4. The summed E-state index contributed by atoms with van der Waals surface area (Å²) in [6.45, 7) is 10.8. The lowest BCUT2D eigenvalue weighted by Gasteiger charge is -2.23. The molecule has 9 heteroatoms. The summed E-state index contributed by atoms with van der Waals surface area (Å²) in [5.41, 5.74) is 0. The van der Waals surface area contributed by atoms with E-state index < -0.39 is 6.04 Å². The van der Waals surface area contributed by atoms with E-state index in [2.05, 4.69) is 43.3 Å². The first kappa shape index (κ1) is 46.0. The van der Waals surface area contributed by atoms with Gasteiger partial charge in [0.15, 0.2) is 0 Å². The number of hydrogen-bond donors (Lipinski definition) is 2. The van der Waals surface area contributed by atoms with E-state index in [-0.39, 0.29) is 23.7 Å². The van der Waals surface area contributed by atoms with Gasteiger partial charge in [-0.15, -0.1) is 0 Å². The number of unbranched alkanes of at least 4 members (excludes halogenated alkanes) is 14. The first-order valence-electron chi connectivity index (χ1n) is 20.6. The number of aryl methyl sites for hydroxylation is 1. The fourth-order valence-corrected chi connectivity index (χ4v) is 7.14. The molecule has 0 saturated heterocycles. The predicted molar refractivity (Wildman–Crippen MR) is 211 cm³/mol. The van der Waals surface area contributed by atoms with E-state index in [1.165, 1.54) is 89.9 Å². The van der Waals surface area contributed by atoms with Crippen molar-refractivity contribution in [2.75, 3.05) is 24.7 Å². The van der Waals surface area contributed by atoms with Gasteiger partial charge in [0, 0.05) is 37.2 Å². The van der Waals surface area contributed by atoms with Crippen LogP contribution in [-0.4, -0.2) is 58.0 Å². The largest absolute Gasteiger partial charge is 0.466 e. The number of rotatable bonds is 35. The number of esters is 1. The van der Waals surface area contributed by atoms with E-state index in [4.69, 9.17) is 4.74 Å². The number of imidazole rings is 1. The van der Waals surface area contributed by atoms with Crippen LogP contribution in [0.1, 0.15) is 175 Å². The zero-order valence-corrected chi connectivity index (χ0v) is 33.5. The van der Waals surface area contributed by atoms with Gasteiger partial charge in [-0.3, -0.25) is 14.4 Å². The summed E-state index contributed by atoms with van der Waals surface area (Å²) in [5, 5.41) is 6.26. The Morgan fingerprint density at radius 2 is 1.32 bits per heavy atom. The normalized spacial score (nSPS) is 12.6. The standard InChI is InChI=1S/C41H76N4O4S/c1-5-7-9-11-13-14-16-20-25-37(24-19-15-12-10-8-6-2)40(47)44-38(41(48)43-28-22-30-45-31-29-42-35-45)26-33-50-34-27-39(46)49-32-21-17-18-23-36(3)4/h29,31,35-38H,5-28,30,32-34H2,1-4H3,(H,43,48)(H,44,47). The summed E-state index contributed by atoms with van der Waals surface area (Å²) < 4.78 is 7.42. The molecule has 0 bridgehead atoms. The zero-order valence-electron chi connectivity index (χ0n) is 32.7. The number of carbonyl (C=O) groups is 3. The van der Waals surface area contributed by atoms with Gasteiger partial charge in [-0.05, 0) is 43.8 Å². The summed E-state index contributed by atoms with van der Waals surface area (Å²) in [4.78, 5) is 43.5. The van der Waals surface area contributed by atoms with Crippen LogP contribution in [0.5, 0.6) is 0 Å². The minimum Gasteiger partial charge on any atom is -0.466 e. The van der Waals surface area contributed by atoms with Gasteiger partial charge in [0.25, 0.3) is 0 Å². The van der Waals surface area contributed by atoms with Crippen molar-refractivity contribution >= 4 is 29.5 Å². The maximum Gasteiger partial charge on any atom is 0.306 e. The number of ether oxygens (including phenoxy) is 1. The summed E-state index contributed by atoms with van der Waals surface area (Å²) >= 11 is 1.65. The maximum absolute atomic E-state index is 13.8. The van der Waals surface area contributed by atoms with E-state index in [0.717, 1.165) is 51.5 Å². The highest BCUT2D eigenvalue weighted by Gasteiger charge is 2.25. The van der Waals surface area contributed by atoms with Crippen LogP contribution < -0.4 is 10.6 Å². The van der Waals surface area contributed by atoms with E-state index in [1.807, 2.05) is 10.8 Å². The molecule has 0 aliphatic rings. The van der Waals surface area contributed by atoms with Gasteiger partial charge < -0.3 is 19.9 Å². The van der Waals surface area contributed by atoms with Crippen LogP contribution in [-0.2, 0) is 25.7 Å². The number of aromatic nitrogens is 2. The Kier molecular flexibility index (Phi) is 30.2. The van der Waals surface area contributed by atoms with Crippen LogP contribution in [0.15, 0.2) is 18.7 Å². The molecule has 0 fully saturated rings. The van der Waals surface area contributed by atoms with Gasteiger partial charge in [-0.1, -0.05) is 137 Å². The molecule has 1 aromatic rings. The smallest absolute Gasteiger partial charge is 0.306 e. The Hall–Kier alpha value is -2.03. The molecule has 8 nitrogen and oxygen atoms in total. The molecule has 2 N–H and O–H groups in total. The molecule has 1 rings (SSSR count). The van der Waals surface area contributed by atoms with Crippen LogP contribution in [0.3, 0.4) is 0 Å². The van der Waals surface area contributed by atoms with Gasteiger partial charge in [-0.25, -0.2) is 4.98 Å². The highest BCUT2D eigenvalue weighted by atomic mass is 32.2. The molecule has 0 saturated carbocycles. The quantitative estimate of drug-likeness (QED) is 0.0535. The van der Waals surface area contributed by atoms with Crippen molar-refractivity contribution in [1.29, 1.82) is 0 Å². The molecule has 0 aliphatic heterocycles. The Balaban J connectivity index is 2.64. The third kappa shape index (κ3) is 26.7. The van der Waals surface area contributed by atoms with Gasteiger partial charge in [-0.2, -0.15) is 11.8 Å². The minimum atomic E-state index is -0.577. The molecule has 1 heterocycles. The number of nitrogens with one attached hydrogen (secondary N) is 2. The number of thioether (sulfide) groups is 1. The molecule has 0 aromatic carbocycles. The third-order valence-corrected chi connectivity index (χ3v) is 10.5. The number of carbonyl (C=O) groups excluding carboxylic acids is 3. The van der Waals surface area contributed by atoms with E-state index in [9.17, 15) is 14.4 Å². The van der Waals surface area contributed by atoms with Crippen LogP contribution in [0, 0.1) is 11.8 Å². The monoisotopic (exact) mass is 721 g/mol. The van der Waals surface area contributed by atoms with Gasteiger partial charge >= 0.3 is 5.97 Å². The summed E-state index contributed by atoms with van der Waals surface area (Å²) in [5.74, 6) is 1.77. The Labute approximate surface area is 311 Å². The lowest BCUT2D eigenvalue weighted by Crippen LogP contribution is -2.49. The molecule has 1 aromatic heterocycles. The Morgan fingerprint density at radius 3 is 1.92 bits per heavy atom. The minimum absolute atomic E-state index is 0.0297. The topological polar surface area (TPSA) is 102 Å². The fourth-order valence-electron chi connectivity index (χ4n) is 6.22. The van der Waals surface area contributed by atoms with Gasteiger partial charge in [0.05, 0.1) is 19.4 Å². The van der Waals surface area contributed by atoms with Crippen molar-refractivity contribution in [2.24, 2.45) is 11.8 Å². The Bertz CT molecular complexity index is 943. The zero-order chi connectivity index (χ0) is 36.5. The summed E-state index contributed by atoms with van der Waals surface area (Å²) in [7, 11) is 0. The lowest BCUT2D eigenvalue weighted by atomic mass is 9.93. The molecule has 50 heavy (non-hydrogen) atoms. The second-order valence-electron chi connectivity index (χ2n) is 14.6. The third-order valence-electron chi connectivity index (χ3n) is 9.46. The summed E-state index contributed by atoms with van der Waals surface area (Å²) in [6.07, 6.45) is 30.6. The molecule has 0 aliphatic carbocycles. The molecule has 0 spiro atoms. The highest BCUT2D eigenvalue weighted by Crippen LogP contribution is 2.21. The molecule has 290 valence electrons. The molecule has 2 atom stereocenters. The molecule has 2 amide bonds. The van der Waals surface area contributed by atoms with E-state index in [0.29, 0.717) is 43.4 Å². The Morgan fingerprint density at radius 1 is 0.720 bits per heavy atom. The van der Waals surface area contributed by atoms with Crippen molar-refractivity contribution in [3.8, 4) is 0 Å². The van der Waals surface area contributed by atoms with E-state index in [1.54, 1.807) is 24.3 Å². The van der Waals surface area contributed by atoms with Crippen molar-refractivity contribution < 1.29 is 19.1 Å². The molecule has 2 unspecified atom stereocenters. The number of nitrogens with zero attached hydrogens (tertiary/aromatic N) is 2. The SMILES string of the molecule is CCCCCCCCCCC(CCCCCCCC)C(=O)NC(CCSCCC(=O)OCCCCCC(C)C)C(=O)NCCCn1ccnc1. The van der Waals surface area contributed by atoms with Crippen molar-refractivity contribution in [3.63, 3.8) is 0 Å². The molecular weight excluding hydrogens is 645 g/mol. The van der Waals surface area contributed by atoms with E-state index >= 15 is 0 Å². The fraction of sp³-hybridized carbons (Fsp3) is 0.854. The summed E-state index contributed by atoms with van der Waals surface area (Å²) in [6, 6.07) is -0.577. The van der Waals surface area contributed by atoms with Crippen LogP contribution >= 0.6 is 11.8 Å². The average Bonchev–Trinajstić information content (AvgIpc) is 3.62. The predicted octanol–water partition coefficient (Wildman–Crippen LogP) is 10.0. The number of amides is 2. The van der Waals surface area contributed by atoms with Gasteiger partial charge in [0.2, 0.25) is 11.8 Å². The molecular formula is C41H76N4O4S. The van der Waals surface area contributed by atoms with Crippen molar-refractivity contribution in [3.05, 3.63) is 18.7 Å².